The highest BCUT2D eigenvalue weighted by Gasteiger charge is 2.19. The summed E-state index contributed by atoms with van der Waals surface area (Å²) in [7, 11) is 0. The van der Waals surface area contributed by atoms with Crippen LogP contribution in [0.25, 0.3) is 82.8 Å². The Bertz CT molecular complexity index is 3270. The van der Waals surface area contributed by atoms with Crippen LogP contribution in [0.15, 0.2) is 243 Å². The van der Waals surface area contributed by atoms with E-state index >= 15 is 0 Å². The van der Waals surface area contributed by atoms with E-state index in [1.54, 1.807) is 0 Å². The molecule has 0 N–H and O–H groups in total. The lowest BCUT2D eigenvalue weighted by molar-refractivity contribution is 1.20. The monoisotopic (exact) mass is 764 g/mol. The summed E-state index contributed by atoms with van der Waals surface area (Å²) >= 11 is 0. The summed E-state index contributed by atoms with van der Waals surface area (Å²) in [4.78, 5) is 2.38. The van der Waals surface area contributed by atoms with Gasteiger partial charge in [-0.15, -0.1) is 0 Å². The van der Waals surface area contributed by atoms with Crippen molar-refractivity contribution in [1.82, 2.24) is 4.57 Å². The predicted molar refractivity (Wildman–Crippen MR) is 255 cm³/mol. The first-order valence-corrected chi connectivity index (χ1v) is 20.6. The van der Waals surface area contributed by atoms with E-state index in [-0.39, 0.29) is 0 Å². The second-order valence-electron chi connectivity index (χ2n) is 15.3. The number of para-hydroxylation sites is 1. The molecule has 0 saturated carbocycles. The molecule has 1 heterocycles. The zero-order valence-electron chi connectivity index (χ0n) is 33.0. The summed E-state index contributed by atoms with van der Waals surface area (Å²) in [6, 6.07) is 87.8. The average Bonchev–Trinajstić information content (AvgIpc) is 3.67. The van der Waals surface area contributed by atoms with Gasteiger partial charge >= 0.3 is 0 Å². The molecular formula is C58H40N2. The third-order valence-electron chi connectivity index (χ3n) is 11.8. The molecule has 0 radical (unpaired) electrons. The molecule has 11 aromatic rings. The van der Waals surface area contributed by atoms with Gasteiger partial charge < -0.3 is 9.47 Å². The van der Waals surface area contributed by atoms with Crippen LogP contribution < -0.4 is 4.90 Å². The minimum absolute atomic E-state index is 1.09. The second kappa shape index (κ2) is 15.1. The fraction of sp³-hybridized carbons (Fsp3) is 0. The van der Waals surface area contributed by atoms with Crippen LogP contribution in [0.4, 0.5) is 17.1 Å². The molecule has 282 valence electrons. The van der Waals surface area contributed by atoms with E-state index in [4.69, 9.17) is 0 Å². The maximum Gasteiger partial charge on any atom is 0.0547 e. The van der Waals surface area contributed by atoms with Gasteiger partial charge in [-0.05, 0) is 104 Å². The largest absolute Gasteiger partial charge is 0.310 e. The van der Waals surface area contributed by atoms with Crippen molar-refractivity contribution in [3.05, 3.63) is 243 Å². The maximum absolute atomic E-state index is 2.44. The zero-order valence-corrected chi connectivity index (χ0v) is 33.0. The molecular weight excluding hydrogens is 725 g/mol. The molecule has 0 amide bonds. The fourth-order valence-electron chi connectivity index (χ4n) is 8.90. The lowest BCUT2D eigenvalue weighted by Gasteiger charge is -2.26. The molecule has 0 aliphatic rings. The molecule has 11 rings (SSSR count). The molecule has 1 aromatic heterocycles. The normalized spacial score (nSPS) is 11.3. The van der Waals surface area contributed by atoms with Crippen molar-refractivity contribution in [1.29, 1.82) is 0 Å². The molecule has 0 fully saturated rings. The Kier molecular flexibility index (Phi) is 8.87. The van der Waals surface area contributed by atoms with Crippen molar-refractivity contribution in [2.45, 2.75) is 0 Å². The zero-order chi connectivity index (χ0) is 39.8. The third-order valence-corrected chi connectivity index (χ3v) is 11.8. The molecule has 0 atom stereocenters. The number of hydrogen-bond donors (Lipinski definition) is 0. The lowest BCUT2D eigenvalue weighted by Crippen LogP contribution is -2.10. The standard InChI is InChI=1S/C58H40N2/c1-3-14-41(15-4-1)43-28-30-44(31-29-43)46-34-38-50(39-35-46)59(49-36-32-45(33-37-49)42-16-5-2-6-17-42)51-21-11-20-48(40-51)53-24-13-27-57-58(53)54-23-9-10-25-56(54)60(57)55-26-12-19-47-18-7-8-22-52(47)55/h1-40H. The number of benzene rings is 10. The fourth-order valence-corrected chi connectivity index (χ4v) is 8.90. The Balaban J connectivity index is 1.03. The second-order valence-corrected chi connectivity index (χ2v) is 15.3. The van der Waals surface area contributed by atoms with Crippen molar-refractivity contribution in [2.24, 2.45) is 0 Å². The first-order valence-electron chi connectivity index (χ1n) is 20.6. The topological polar surface area (TPSA) is 8.17 Å². The van der Waals surface area contributed by atoms with Gasteiger partial charge in [-0.2, -0.15) is 0 Å². The van der Waals surface area contributed by atoms with Gasteiger partial charge in [0, 0.05) is 33.2 Å². The van der Waals surface area contributed by atoms with Crippen LogP contribution in [0.2, 0.25) is 0 Å². The van der Waals surface area contributed by atoms with Crippen LogP contribution in [0.5, 0.6) is 0 Å². The van der Waals surface area contributed by atoms with E-state index in [0.29, 0.717) is 0 Å². The van der Waals surface area contributed by atoms with E-state index in [9.17, 15) is 0 Å². The van der Waals surface area contributed by atoms with Crippen LogP contribution in [-0.4, -0.2) is 4.57 Å². The van der Waals surface area contributed by atoms with E-state index in [1.165, 1.54) is 82.8 Å². The number of nitrogens with zero attached hydrogens (tertiary/aromatic N) is 2. The van der Waals surface area contributed by atoms with Crippen LogP contribution >= 0.6 is 0 Å². The van der Waals surface area contributed by atoms with Gasteiger partial charge in [0.1, 0.15) is 0 Å². The Labute approximate surface area is 350 Å². The van der Waals surface area contributed by atoms with Gasteiger partial charge in [-0.25, -0.2) is 0 Å². The molecule has 0 aliphatic carbocycles. The highest BCUT2D eigenvalue weighted by molar-refractivity contribution is 6.16. The van der Waals surface area contributed by atoms with E-state index < -0.39 is 0 Å². The molecule has 2 nitrogen and oxygen atoms in total. The molecule has 2 heteroatoms. The summed E-state index contributed by atoms with van der Waals surface area (Å²) in [6.07, 6.45) is 0. The highest BCUT2D eigenvalue weighted by Crippen LogP contribution is 2.43. The minimum atomic E-state index is 1.09. The molecule has 0 unspecified atom stereocenters. The smallest absolute Gasteiger partial charge is 0.0547 e. The molecule has 0 saturated heterocycles. The maximum atomic E-state index is 2.44. The Hall–Kier alpha value is -7.94. The lowest BCUT2D eigenvalue weighted by atomic mass is 9.98. The first kappa shape index (κ1) is 35.2. The molecule has 0 bridgehead atoms. The Morgan fingerprint density at radius 2 is 0.733 bits per heavy atom. The number of anilines is 3. The first-order chi connectivity index (χ1) is 29.8. The van der Waals surface area contributed by atoms with Crippen molar-refractivity contribution in [3.63, 3.8) is 0 Å². The molecule has 0 spiro atoms. The molecule has 10 aromatic carbocycles. The average molecular weight is 765 g/mol. The highest BCUT2D eigenvalue weighted by atomic mass is 15.1. The number of rotatable bonds is 8. The summed E-state index contributed by atoms with van der Waals surface area (Å²) in [5.74, 6) is 0. The van der Waals surface area contributed by atoms with Gasteiger partial charge in [0.25, 0.3) is 0 Å². The Morgan fingerprint density at radius 1 is 0.283 bits per heavy atom. The van der Waals surface area contributed by atoms with E-state index in [1.807, 2.05) is 0 Å². The minimum Gasteiger partial charge on any atom is -0.310 e. The van der Waals surface area contributed by atoms with Gasteiger partial charge in [-0.1, -0.05) is 188 Å². The molecule has 60 heavy (non-hydrogen) atoms. The number of aromatic nitrogens is 1. The summed E-state index contributed by atoms with van der Waals surface area (Å²) in [5.41, 5.74) is 16.4. The number of hydrogen-bond acceptors (Lipinski definition) is 1. The van der Waals surface area contributed by atoms with Crippen LogP contribution in [0, 0.1) is 0 Å². The third kappa shape index (κ3) is 6.32. The predicted octanol–water partition coefficient (Wildman–Crippen LogP) is 16.1. The SMILES string of the molecule is c1ccc(-c2ccc(-c3ccc(N(c4ccc(-c5ccccc5)cc4)c4cccc(-c5cccc6c5c5ccccc5n6-c5cccc6ccccc56)c4)cc3)cc2)cc1. The number of fused-ring (bicyclic) bond motifs is 4. The van der Waals surface area contributed by atoms with Gasteiger partial charge in [0.2, 0.25) is 0 Å². The summed E-state index contributed by atoms with van der Waals surface area (Å²) in [6.45, 7) is 0. The summed E-state index contributed by atoms with van der Waals surface area (Å²) in [5, 5.41) is 4.96. The molecule has 0 aliphatic heterocycles. The van der Waals surface area contributed by atoms with Crippen molar-refractivity contribution < 1.29 is 0 Å². The summed E-state index contributed by atoms with van der Waals surface area (Å²) < 4.78 is 2.44. The van der Waals surface area contributed by atoms with Crippen molar-refractivity contribution >= 4 is 49.6 Å². The van der Waals surface area contributed by atoms with Gasteiger partial charge in [0.05, 0.1) is 16.7 Å². The van der Waals surface area contributed by atoms with E-state index in [0.717, 1.165) is 17.1 Å². The van der Waals surface area contributed by atoms with Gasteiger partial charge in [-0.3, -0.25) is 0 Å². The van der Waals surface area contributed by atoms with E-state index in [2.05, 4.69) is 252 Å². The van der Waals surface area contributed by atoms with Crippen LogP contribution in [-0.2, 0) is 0 Å². The van der Waals surface area contributed by atoms with Crippen LogP contribution in [0.1, 0.15) is 0 Å². The van der Waals surface area contributed by atoms with Gasteiger partial charge in [0.15, 0.2) is 0 Å². The quantitative estimate of drug-likeness (QED) is 0.150. The van der Waals surface area contributed by atoms with Crippen molar-refractivity contribution in [2.75, 3.05) is 4.90 Å². The Morgan fingerprint density at radius 3 is 1.37 bits per heavy atom. The van der Waals surface area contributed by atoms with Crippen molar-refractivity contribution in [3.8, 4) is 50.2 Å². The van der Waals surface area contributed by atoms with Crippen LogP contribution in [0.3, 0.4) is 0 Å².